The van der Waals surface area contributed by atoms with Crippen molar-refractivity contribution in [1.82, 2.24) is 15.2 Å². The molecule has 1 aromatic rings. The van der Waals surface area contributed by atoms with Crippen LogP contribution < -0.4 is 5.32 Å². The fraction of sp³-hybridized carbons (Fsp3) is 0.667. The van der Waals surface area contributed by atoms with Gasteiger partial charge in [0.1, 0.15) is 0 Å². The summed E-state index contributed by atoms with van der Waals surface area (Å²) in [5.74, 6) is 0.633. The monoisotopic (exact) mass is 287 g/mol. The number of rotatable bonds is 5. The summed E-state index contributed by atoms with van der Waals surface area (Å²) in [4.78, 5) is 18.0. The van der Waals surface area contributed by atoms with Gasteiger partial charge in [0.05, 0.1) is 23.1 Å². The highest BCUT2D eigenvalue weighted by molar-refractivity contribution is 7.09. The van der Waals surface area contributed by atoms with Crippen molar-refractivity contribution in [1.29, 1.82) is 0 Å². The predicted molar refractivity (Wildman–Crippen MR) is 74.1 cm³/mol. The number of hydrogen-bond acceptors (Lipinski definition) is 4. The molecule has 1 saturated heterocycles. The molecular weight excluding hydrogens is 270 g/mol. The fourth-order valence-corrected chi connectivity index (χ4v) is 3.11. The van der Waals surface area contributed by atoms with Gasteiger partial charge in [-0.1, -0.05) is 0 Å². The van der Waals surface area contributed by atoms with Crippen LogP contribution in [0.2, 0.25) is 0 Å². The van der Waals surface area contributed by atoms with Gasteiger partial charge in [0.25, 0.3) is 0 Å². The summed E-state index contributed by atoms with van der Waals surface area (Å²) in [6.45, 7) is 3.30. The molecule has 0 radical (unpaired) electrons. The number of halogens is 1. The van der Waals surface area contributed by atoms with Gasteiger partial charge < -0.3 is 5.32 Å². The summed E-state index contributed by atoms with van der Waals surface area (Å²) in [5, 5.41) is 6.05. The lowest BCUT2D eigenvalue weighted by Crippen LogP contribution is -2.33. The van der Waals surface area contributed by atoms with Crippen molar-refractivity contribution in [3.63, 3.8) is 0 Å². The molecular formula is C12H18ClN3OS. The topological polar surface area (TPSA) is 45.2 Å². The van der Waals surface area contributed by atoms with Crippen molar-refractivity contribution in [3.05, 3.63) is 16.1 Å². The van der Waals surface area contributed by atoms with Crippen molar-refractivity contribution in [2.75, 3.05) is 26.2 Å². The molecule has 0 atom stereocenters. The van der Waals surface area contributed by atoms with Gasteiger partial charge in [0.2, 0.25) is 5.91 Å². The minimum absolute atomic E-state index is 0.145. The van der Waals surface area contributed by atoms with Gasteiger partial charge in [-0.3, -0.25) is 9.69 Å². The Morgan fingerprint density at radius 3 is 3.22 bits per heavy atom. The quantitative estimate of drug-likeness (QED) is 0.838. The van der Waals surface area contributed by atoms with Crippen molar-refractivity contribution < 1.29 is 4.79 Å². The fourth-order valence-electron chi connectivity index (χ4n) is 2.04. The van der Waals surface area contributed by atoms with E-state index in [-0.39, 0.29) is 5.91 Å². The van der Waals surface area contributed by atoms with Gasteiger partial charge in [0, 0.05) is 24.9 Å². The normalized spacial score (nSPS) is 17.5. The standard InChI is InChI=1S/C12H18ClN3OS/c13-7-10-9-18-12(15-10)3-1-5-16-6-2-4-14-11(17)8-16/h9H,1-8H2,(H,14,17). The molecule has 2 heterocycles. The summed E-state index contributed by atoms with van der Waals surface area (Å²) in [6, 6.07) is 0. The molecule has 0 bridgehead atoms. The van der Waals surface area contributed by atoms with E-state index in [1.165, 1.54) is 0 Å². The predicted octanol–water partition coefficient (Wildman–Crippen LogP) is 1.64. The Labute approximate surface area is 116 Å². The van der Waals surface area contributed by atoms with Crippen LogP contribution in [0.4, 0.5) is 0 Å². The summed E-state index contributed by atoms with van der Waals surface area (Å²) in [7, 11) is 0. The Hall–Kier alpha value is -0.650. The van der Waals surface area contributed by atoms with E-state index in [1.54, 1.807) is 11.3 Å². The van der Waals surface area contributed by atoms with E-state index in [0.29, 0.717) is 12.4 Å². The second-order valence-electron chi connectivity index (χ2n) is 4.45. The van der Waals surface area contributed by atoms with Gasteiger partial charge in [-0.05, 0) is 19.4 Å². The van der Waals surface area contributed by atoms with Gasteiger partial charge >= 0.3 is 0 Å². The average Bonchev–Trinajstić information content (AvgIpc) is 2.72. The van der Waals surface area contributed by atoms with Crippen molar-refractivity contribution in [3.8, 4) is 0 Å². The van der Waals surface area contributed by atoms with E-state index >= 15 is 0 Å². The molecule has 1 aliphatic rings. The van der Waals surface area contributed by atoms with Gasteiger partial charge in [-0.15, -0.1) is 22.9 Å². The molecule has 1 N–H and O–H groups in total. The van der Waals surface area contributed by atoms with Crippen LogP contribution in [0.3, 0.4) is 0 Å². The number of alkyl halides is 1. The number of carbonyl (C=O) groups is 1. The lowest BCUT2D eigenvalue weighted by molar-refractivity contribution is -0.121. The lowest BCUT2D eigenvalue weighted by atomic mass is 10.3. The van der Waals surface area contributed by atoms with Crippen LogP contribution in [0.25, 0.3) is 0 Å². The van der Waals surface area contributed by atoms with E-state index < -0.39 is 0 Å². The van der Waals surface area contributed by atoms with E-state index in [9.17, 15) is 4.79 Å². The van der Waals surface area contributed by atoms with E-state index in [2.05, 4.69) is 15.2 Å². The Kier molecular flexibility index (Phi) is 5.41. The molecule has 0 aromatic carbocycles. The lowest BCUT2D eigenvalue weighted by Gasteiger charge is -2.17. The smallest absolute Gasteiger partial charge is 0.234 e. The highest BCUT2D eigenvalue weighted by Crippen LogP contribution is 2.13. The molecule has 0 unspecified atom stereocenters. The largest absolute Gasteiger partial charge is 0.355 e. The molecule has 0 spiro atoms. The molecule has 1 fully saturated rings. The molecule has 0 aliphatic carbocycles. The summed E-state index contributed by atoms with van der Waals surface area (Å²) >= 11 is 7.39. The number of aryl methyl sites for hydroxylation is 1. The Morgan fingerprint density at radius 2 is 2.44 bits per heavy atom. The zero-order valence-electron chi connectivity index (χ0n) is 10.3. The molecule has 1 amide bonds. The van der Waals surface area contributed by atoms with Crippen LogP contribution in [-0.2, 0) is 17.1 Å². The van der Waals surface area contributed by atoms with E-state index in [0.717, 1.165) is 49.6 Å². The van der Waals surface area contributed by atoms with Crippen molar-refractivity contribution >= 4 is 28.8 Å². The average molecular weight is 288 g/mol. The Bertz CT molecular complexity index is 396. The maximum Gasteiger partial charge on any atom is 0.234 e. The summed E-state index contributed by atoms with van der Waals surface area (Å²) in [5.41, 5.74) is 0.964. The van der Waals surface area contributed by atoms with Crippen LogP contribution in [0.1, 0.15) is 23.5 Å². The highest BCUT2D eigenvalue weighted by Gasteiger charge is 2.13. The first-order valence-electron chi connectivity index (χ1n) is 6.26. The molecule has 6 heteroatoms. The van der Waals surface area contributed by atoms with Crippen LogP contribution in [0.5, 0.6) is 0 Å². The minimum atomic E-state index is 0.145. The molecule has 4 nitrogen and oxygen atoms in total. The molecule has 1 aliphatic heterocycles. The van der Waals surface area contributed by atoms with E-state index in [1.807, 2.05) is 5.38 Å². The molecule has 2 rings (SSSR count). The molecule has 18 heavy (non-hydrogen) atoms. The maximum atomic E-state index is 11.4. The zero-order chi connectivity index (χ0) is 12.8. The zero-order valence-corrected chi connectivity index (χ0v) is 11.9. The van der Waals surface area contributed by atoms with Gasteiger partial charge in [-0.25, -0.2) is 4.98 Å². The van der Waals surface area contributed by atoms with Gasteiger partial charge in [0.15, 0.2) is 0 Å². The third-order valence-electron chi connectivity index (χ3n) is 2.94. The van der Waals surface area contributed by atoms with Crippen LogP contribution >= 0.6 is 22.9 Å². The number of nitrogens with zero attached hydrogens (tertiary/aromatic N) is 2. The first-order chi connectivity index (χ1) is 8.78. The number of aromatic nitrogens is 1. The second kappa shape index (κ2) is 7.07. The van der Waals surface area contributed by atoms with Crippen molar-refractivity contribution in [2.45, 2.75) is 25.1 Å². The highest BCUT2D eigenvalue weighted by atomic mass is 35.5. The number of thiazole rings is 1. The number of amides is 1. The van der Waals surface area contributed by atoms with E-state index in [4.69, 9.17) is 11.6 Å². The van der Waals surface area contributed by atoms with Gasteiger partial charge in [-0.2, -0.15) is 0 Å². The number of nitrogens with one attached hydrogen (secondary N) is 1. The second-order valence-corrected chi connectivity index (χ2v) is 5.66. The Balaban J connectivity index is 1.72. The first kappa shape index (κ1) is 13.8. The summed E-state index contributed by atoms with van der Waals surface area (Å²) < 4.78 is 0. The number of carbonyl (C=O) groups excluding carboxylic acids is 1. The SMILES string of the molecule is O=C1CN(CCCc2nc(CCl)cs2)CCCN1. The minimum Gasteiger partial charge on any atom is -0.355 e. The molecule has 0 saturated carbocycles. The summed E-state index contributed by atoms with van der Waals surface area (Å²) in [6.07, 6.45) is 3.06. The number of hydrogen-bond donors (Lipinski definition) is 1. The molecule has 100 valence electrons. The first-order valence-corrected chi connectivity index (χ1v) is 7.67. The Morgan fingerprint density at radius 1 is 1.56 bits per heavy atom. The molecule has 1 aromatic heterocycles. The van der Waals surface area contributed by atoms with Crippen LogP contribution in [0.15, 0.2) is 5.38 Å². The van der Waals surface area contributed by atoms with Crippen LogP contribution in [0, 0.1) is 0 Å². The maximum absolute atomic E-state index is 11.4. The van der Waals surface area contributed by atoms with Crippen molar-refractivity contribution in [2.24, 2.45) is 0 Å². The van der Waals surface area contributed by atoms with Crippen LogP contribution in [-0.4, -0.2) is 42.0 Å². The third kappa shape index (κ3) is 4.23. The third-order valence-corrected chi connectivity index (χ3v) is 4.17.